The standard InChI is InChI=1S/C12H11F3N4/c1-7-17-6-10(12(13,14)15)11(18-7)19-9-4-2-3-8(16)5-9/h2-6H,16H2,1H3,(H,17,18,19). The SMILES string of the molecule is Cc1ncc(C(F)(F)F)c(Nc2cccc(N)c2)n1. The molecule has 100 valence electrons. The predicted molar refractivity (Wildman–Crippen MR) is 65.9 cm³/mol. The van der Waals surface area contributed by atoms with Gasteiger partial charge in [0.05, 0.1) is 0 Å². The topological polar surface area (TPSA) is 63.8 Å². The van der Waals surface area contributed by atoms with E-state index in [-0.39, 0.29) is 11.6 Å². The molecule has 0 saturated heterocycles. The second-order valence-electron chi connectivity index (χ2n) is 3.93. The molecular formula is C12H11F3N4. The summed E-state index contributed by atoms with van der Waals surface area (Å²) in [6.07, 6.45) is -3.76. The molecule has 0 unspecified atom stereocenters. The van der Waals surface area contributed by atoms with Crippen LogP contribution in [0.15, 0.2) is 30.5 Å². The number of hydrogen-bond acceptors (Lipinski definition) is 4. The van der Waals surface area contributed by atoms with E-state index in [0.29, 0.717) is 11.4 Å². The quantitative estimate of drug-likeness (QED) is 0.821. The van der Waals surface area contributed by atoms with Gasteiger partial charge in [0, 0.05) is 17.6 Å². The zero-order chi connectivity index (χ0) is 14.0. The molecule has 0 fully saturated rings. The highest BCUT2D eigenvalue weighted by Gasteiger charge is 2.35. The lowest BCUT2D eigenvalue weighted by Crippen LogP contribution is -2.12. The highest BCUT2D eigenvalue weighted by molar-refractivity contribution is 5.63. The number of benzene rings is 1. The molecule has 1 aromatic heterocycles. The summed E-state index contributed by atoms with van der Waals surface area (Å²) in [7, 11) is 0. The average molecular weight is 268 g/mol. The molecule has 0 amide bonds. The molecule has 2 rings (SSSR count). The number of hydrogen-bond donors (Lipinski definition) is 2. The van der Waals surface area contributed by atoms with Crippen LogP contribution in [-0.4, -0.2) is 9.97 Å². The Morgan fingerprint density at radius 1 is 1.26 bits per heavy atom. The fourth-order valence-corrected chi connectivity index (χ4v) is 1.53. The van der Waals surface area contributed by atoms with Gasteiger partial charge in [0.25, 0.3) is 0 Å². The van der Waals surface area contributed by atoms with Gasteiger partial charge in [-0.3, -0.25) is 0 Å². The zero-order valence-corrected chi connectivity index (χ0v) is 9.99. The Morgan fingerprint density at radius 2 is 2.00 bits per heavy atom. The first kappa shape index (κ1) is 13.1. The van der Waals surface area contributed by atoms with Gasteiger partial charge < -0.3 is 11.1 Å². The van der Waals surface area contributed by atoms with Crippen molar-refractivity contribution in [3.63, 3.8) is 0 Å². The van der Waals surface area contributed by atoms with Gasteiger partial charge in [-0.25, -0.2) is 9.97 Å². The monoisotopic (exact) mass is 268 g/mol. The zero-order valence-electron chi connectivity index (χ0n) is 9.99. The third-order valence-corrected chi connectivity index (χ3v) is 2.36. The molecule has 7 heteroatoms. The van der Waals surface area contributed by atoms with E-state index in [4.69, 9.17) is 5.73 Å². The van der Waals surface area contributed by atoms with Gasteiger partial charge in [-0.05, 0) is 25.1 Å². The largest absolute Gasteiger partial charge is 0.421 e. The number of aromatic nitrogens is 2. The molecule has 0 aliphatic rings. The summed E-state index contributed by atoms with van der Waals surface area (Å²) in [5, 5.41) is 2.61. The van der Waals surface area contributed by atoms with Gasteiger partial charge in [0.2, 0.25) is 0 Å². The number of aryl methyl sites for hydroxylation is 1. The molecule has 0 aliphatic carbocycles. The van der Waals surface area contributed by atoms with Crippen molar-refractivity contribution in [1.29, 1.82) is 0 Å². The molecule has 4 nitrogen and oxygen atoms in total. The number of anilines is 3. The molecule has 0 bridgehead atoms. The van der Waals surface area contributed by atoms with E-state index in [9.17, 15) is 13.2 Å². The Labute approximate surface area is 107 Å². The predicted octanol–water partition coefficient (Wildman–Crippen LogP) is 3.13. The van der Waals surface area contributed by atoms with Crippen molar-refractivity contribution in [3.8, 4) is 0 Å². The van der Waals surface area contributed by atoms with Crippen LogP contribution < -0.4 is 11.1 Å². The molecule has 1 heterocycles. The van der Waals surface area contributed by atoms with Crippen LogP contribution in [0.1, 0.15) is 11.4 Å². The Kier molecular flexibility index (Phi) is 3.28. The molecule has 2 aromatic rings. The van der Waals surface area contributed by atoms with Crippen LogP contribution in [0.25, 0.3) is 0 Å². The molecule has 0 aliphatic heterocycles. The second kappa shape index (κ2) is 4.75. The van der Waals surface area contributed by atoms with Crippen LogP contribution in [-0.2, 0) is 6.18 Å². The molecule has 1 aromatic carbocycles. The van der Waals surface area contributed by atoms with Gasteiger partial charge >= 0.3 is 6.18 Å². The third kappa shape index (κ3) is 3.12. The first-order valence-electron chi connectivity index (χ1n) is 5.39. The van der Waals surface area contributed by atoms with Crippen molar-refractivity contribution < 1.29 is 13.2 Å². The minimum absolute atomic E-state index is 0.249. The highest BCUT2D eigenvalue weighted by atomic mass is 19.4. The lowest BCUT2D eigenvalue weighted by atomic mass is 10.2. The van der Waals surface area contributed by atoms with E-state index in [0.717, 1.165) is 6.20 Å². The van der Waals surface area contributed by atoms with Crippen molar-refractivity contribution in [3.05, 3.63) is 41.9 Å². The molecule has 0 saturated carbocycles. The third-order valence-electron chi connectivity index (χ3n) is 2.36. The summed E-state index contributed by atoms with van der Waals surface area (Å²) in [6, 6.07) is 6.41. The Morgan fingerprint density at radius 3 is 2.63 bits per heavy atom. The van der Waals surface area contributed by atoms with Gasteiger partial charge in [-0.2, -0.15) is 13.2 Å². The number of nitrogen functional groups attached to an aromatic ring is 1. The lowest BCUT2D eigenvalue weighted by Gasteiger charge is -2.13. The van der Waals surface area contributed by atoms with E-state index < -0.39 is 11.7 Å². The highest BCUT2D eigenvalue weighted by Crippen LogP contribution is 2.34. The van der Waals surface area contributed by atoms with E-state index in [1.807, 2.05) is 0 Å². The van der Waals surface area contributed by atoms with Crippen molar-refractivity contribution >= 4 is 17.2 Å². The van der Waals surface area contributed by atoms with Crippen LogP contribution in [0.3, 0.4) is 0 Å². The number of nitrogens with one attached hydrogen (secondary N) is 1. The van der Waals surface area contributed by atoms with E-state index in [1.165, 1.54) is 13.0 Å². The summed E-state index contributed by atoms with van der Waals surface area (Å²) < 4.78 is 38.5. The molecule has 3 N–H and O–H groups in total. The van der Waals surface area contributed by atoms with Crippen LogP contribution in [0.2, 0.25) is 0 Å². The summed E-state index contributed by atoms with van der Waals surface area (Å²) in [4.78, 5) is 7.35. The maximum atomic E-state index is 12.8. The van der Waals surface area contributed by atoms with Gasteiger partial charge in [0.15, 0.2) is 0 Å². The van der Waals surface area contributed by atoms with Gasteiger partial charge in [0.1, 0.15) is 17.2 Å². The number of nitrogens with two attached hydrogens (primary N) is 1. The Balaban J connectivity index is 2.41. The molecular weight excluding hydrogens is 257 g/mol. The average Bonchev–Trinajstić information content (AvgIpc) is 2.27. The first-order chi connectivity index (χ1) is 8.86. The van der Waals surface area contributed by atoms with E-state index >= 15 is 0 Å². The van der Waals surface area contributed by atoms with E-state index in [1.54, 1.807) is 18.2 Å². The van der Waals surface area contributed by atoms with Crippen LogP contribution in [0.4, 0.5) is 30.4 Å². The maximum Gasteiger partial charge on any atom is 0.421 e. The number of halogens is 3. The van der Waals surface area contributed by atoms with Crippen molar-refractivity contribution in [2.75, 3.05) is 11.1 Å². The molecule has 0 spiro atoms. The fourth-order valence-electron chi connectivity index (χ4n) is 1.53. The molecule has 0 atom stereocenters. The Bertz CT molecular complexity index is 596. The molecule has 0 radical (unpaired) electrons. The minimum atomic E-state index is -4.52. The van der Waals surface area contributed by atoms with Crippen LogP contribution in [0.5, 0.6) is 0 Å². The first-order valence-corrected chi connectivity index (χ1v) is 5.39. The summed E-state index contributed by atoms with van der Waals surface area (Å²) in [6.45, 7) is 1.52. The van der Waals surface area contributed by atoms with Crippen molar-refractivity contribution in [1.82, 2.24) is 9.97 Å². The maximum absolute atomic E-state index is 12.8. The molecule has 19 heavy (non-hydrogen) atoms. The van der Waals surface area contributed by atoms with Gasteiger partial charge in [-0.15, -0.1) is 0 Å². The van der Waals surface area contributed by atoms with Crippen LogP contribution >= 0.6 is 0 Å². The van der Waals surface area contributed by atoms with E-state index in [2.05, 4.69) is 15.3 Å². The summed E-state index contributed by atoms with van der Waals surface area (Å²) in [5.41, 5.74) is 5.54. The smallest absolute Gasteiger partial charge is 0.399 e. The lowest BCUT2D eigenvalue weighted by molar-refractivity contribution is -0.137. The van der Waals surface area contributed by atoms with Gasteiger partial charge in [-0.1, -0.05) is 6.07 Å². The summed E-state index contributed by atoms with van der Waals surface area (Å²) in [5.74, 6) is -0.0370. The number of rotatable bonds is 2. The Hall–Kier alpha value is -2.31. The fraction of sp³-hybridized carbons (Fsp3) is 0.167. The van der Waals surface area contributed by atoms with Crippen LogP contribution in [0, 0.1) is 6.92 Å². The number of nitrogens with zero attached hydrogens (tertiary/aromatic N) is 2. The van der Waals surface area contributed by atoms with Crippen molar-refractivity contribution in [2.24, 2.45) is 0 Å². The summed E-state index contributed by atoms with van der Waals surface area (Å²) >= 11 is 0. The van der Waals surface area contributed by atoms with Crippen molar-refractivity contribution in [2.45, 2.75) is 13.1 Å². The number of alkyl halides is 3. The normalized spacial score (nSPS) is 11.4. The second-order valence-corrected chi connectivity index (χ2v) is 3.93. The minimum Gasteiger partial charge on any atom is -0.399 e.